The molecule has 0 bridgehead atoms. The van der Waals surface area contributed by atoms with Crippen LogP contribution in [0.15, 0.2) is 66.7 Å². The van der Waals surface area contributed by atoms with Crippen LogP contribution in [0.2, 0.25) is 0 Å². The van der Waals surface area contributed by atoms with E-state index in [1.807, 2.05) is 49.8 Å². The van der Waals surface area contributed by atoms with Crippen molar-refractivity contribution in [3.05, 3.63) is 83.4 Å². The topological polar surface area (TPSA) is 148 Å². The normalized spacial score (nSPS) is 14.7. The van der Waals surface area contributed by atoms with E-state index in [4.69, 9.17) is 15.2 Å². The molecule has 0 spiro atoms. The predicted molar refractivity (Wildman–Crippen MR) is 184 cm³/mol. The smallest absolute Gasteiger partial charge is 0.410 e. The quantitative estimate of drug-likeness (QED) is 0.152. The van der Waals surface area contributed by atoms with Crippen molar-refractivity contribution in [1.29, 1.82) is 0 Å². The van der Waals surface area contributed by atoms with Crippen LogP contribution in [0.3, 0.4) is 0 Å². The number of nitrogen functional groups attached to an aromatic ring is 1. The van der Waals surface area contributed by atoms with Crippen molar-refractivity contribution in [3.8, 4) is 16.9 Å². The largest absolute Gasteiger partial charge is 0.490 e. The van der Waals surface area contributed by atoms with Gasteiger partial charge in [-0.25, -0.2) is 17.9 Å². The number of hydrogen-bond donors (Lipinski definition) is 3. The Morgan fingerprint density at radius 1 is 0.979 bits per heavy atom. The number of sulfonamides is 1. The van der Waals surface area contributed by atoms with Gasteiger partial charge >= 0.3 is 6.09 Å². The molecule has 0 aliphatic heterocycles. The van der Waals surface area contributed by atoms with Crippen LogP contribution < -0.4 is 15.2 Å². The van der Waals surface area contributed by atoms with Gasteiger partial charge in [-0.2, -0.15) is 0 Å². The summed E-state index contributed by atoms with van der Waals surface area (Å²) in [4.78, 5) is 27.3. The first-order valence-electron chi connectivity index (χ1n) is 16.1. The Morgan fingerprint density at radius 3 is 2.23 bits per heavy atom. The number of hydrogen-bond acceptors (Lipinski definition) is 8. The molecular formula is C36H47N3O7S. The summed E-state index contributed by atoms with van der Waals surface area (Å²) in [6.45, 7) is 6.01. The van der Waals surface area contributed by atoms with E-state index >= 15 is 0 Å². The third-order valence-corrected chi connectivity index (χ3v) is 8.74. The zero-order chi connectivity index (χ0) is 34.2. The van der Waals surface area contributed by atoms with Crippen LogP contribution in [0.4, 0.5) is 10.5 Å². The highest BCUT2D eigenvalue weighted by Crippen LogP contribution is 2.31. The average molecular weight is 666 g/mol. The van der Waals surface area contributed by atoms with E-state index < -0.39 is 33.7 Å². The number of nitrogens with one attached hydrogen (secondary N) is 1. The molecule has 47 heavy (non-hydrogen) atoms. The molecule has 1 saturated carbocycles. The number of anilines is 1. The van der Waals surface area contributed by atoms with Gasteiger partial charge in [-0.15, -0.1) is 0 Å². The van der Waals surface area contributed by atoms with E-state index in [0.29, 0.717) is 29.8 Å². The van der Waals surface area contributed by atoms with E-state index in [0.717, 1.165) is 55.1 Å². The van der Waals surface area contributed by atoms with Gasteiger partial charge < -0.3 is 25.2 Å². The number of benzene rings is 3. The molecule has 1 atom stereocenters. The zero-order valence-electron chi connectivity index (χ0n) is 27.7. The monoisotopic (exact) mass is 665 g/mol. The maximum absolute atomic E-state index is 13.0. The highest BCUT2D eigenvalue weighted by atomic mass is 32.2. The summed E-state index contributed by atoms with van der Waals surface area (Å²) in [5.74, 6) is -0.351. The lowest BCUT2D eigenvalue weighted by Crippen LogP contribution is -2.48. The molecule has 3 aromatic carbocycles. The highest BCUT2D eigenvalue weighted by Gasteiger charge is 2.30. The van der Waals surface area contributed by atoms with Gasteiger partial charge in [-0.3, -0.25) is 4.79 Å². The Balaban J connectivity index is 1.36. The molecule has 4 N–H and O–H groups in total. The maximum Gasteiger partial charge on any atom is 0.410 e. The van der Waals surface area contributed by atoms with Crippen molar-refractivity contribution < 1.29 is 32.6 Å². The number of nitrogens with two attached hydrogens (primary N) is 1. The molecule has 0 unspecified atom stereocenters. The second-order valence-corrected chi connectivity index (χ2v) is 14.9. The van der Waals surface area contributed by atoms with E-state index in [-0.39, 0.29) is 24.8 Å². The Labute approximate surface area is 278 Å². The summed E-state index contributed by atoms with van der Waals surface area (Å²) in [5.41, 5.74) is 9.48. The molecule has 254 valence electrons. The summed E-state index contributed by atoms with van der Waals surface area (Å²) in [6, 6.07) is 20.1. The van der Waals surface area contributed by atoms with Gasteiger partial charge in [0, 0.05) is 11.2 Å². The molecule has 0 radical (unpaired) electrons. The maximum atomic E-state index is 13.0. The van der Waals surface area contributed by atoms with Crippen molar-refractivity contribution in [2.24, 2.45) is 0 Å². The number of aliphatic hydroxyl groups is 1. The number of rotatable bonds is 12. The first-order chi connectivity index (χ1) is 22.2. The summed E-state index contributed by atoms with van der Waals surface area (Å²) in [6.07, 6.45) is 5.91. The minimum Gasteiger partial charge on any atom is -0.490 e. The van der Waals surface area contributed by atoms with Crippen LogP contribution in [-0.2, 0) is 21.2 Å². The molecule has 2 amide bonds. The molecule has 1 aliphatic carbocycles. The zero-order valence-corrected chi connectivity index (χ0v) is 28.5. The Morgan fingerprint density at radius 2 is 1.62 bits per heavy atom. The van der Waals surface area contributed by atoms with Crippen LogP contribution in [0.25, 0.3) is 11.1 Å². The van der Waals surface area contributed by atoms with Crippen LogP contribution in [-0.4, -0.2) is 61.5 Å². The van der Waals surface area contributed by atoms with Crippen LogP contribution in [0, 0.1) is 0 Å². The van der Waals surface area contributed by atoms with Gasteiger partial charge in [0.15, 0.2) is 0 Å². The summed E-state index contributed by atoms with van der Waals surface area (Å²) >= 11 is 0. The molecule has 0 aromatic heterocycles. The number of aryl methyl sites for hydroxylation is 1. The molecule has 0 saturated heterocycles. The summed E-state index contributed by atoms with van der Waals surface area (Å²) in [5, 5.41) is 10.7. The molecule has 3 aromatic rings. The van der Waals surface area contributed by atoms with Crippen molar-refractivity contribution in [2.75, 3.05) is 25.1 Å². The molecule has 1 fully saturated rings. The number of nitrogens with zero attached hydrogens (tertiary/aromatic N) is 1. The highest BCUT2D eigenvalue weighted by molar-refractivity contribution is 7.89. The van der Waals surface area contributed by atoms with Gasteiger partial charge in [0.2, 0.25) is 10.0 Å². The third-order valence-electron chi connectivity index (χ3n) is 8.18. The third kappa shape index (κ3) is 10.7. The van der Waals surface area contributed by atoms with Crippen LogP contribution in [0.5, 0.6) is 5.75 Å². The fourth-order valence-electron chi connectivity index (χ4n) is 5.57. The van der Waals surface area contributed by atoms with Crippen molar-refractivity contribution in [3.63, 3.8) is 0 Å². The van der Waals surface area contributed by atoms with Gasteiger partial charge in [0.05, 0.1) is 37.2 Å². The number of ether oxygens (including phenoxy) is 2. The molecular weight excluding hydrogens is 618 g/mol. The molecule has 1 aliphatic rings. The number of carbonyl (C=O) groups is 2. The summed E-state index contributed by atoms with van der Waals surface area (Å²) in [7, 11) is -3.73. The van der Waals surface area contributed by atoms with E-state index in [1.54, 1.807) is 42.5 Å². The molecule has 4 rings (SSSR count). The minimum atomic E-state index is -3.73. The van der Waals surface area contributed by atoms with Crippen LogP contribution in [0.1, 0.15) is 86.9 Å². The molecule has 0 heterocycles. The Hall–Kier alpha value is -4.09. The average Bonchev–Trinajstić information content (AvgIpc) is 3.01. The predicted octanol–water partition coefficient (Wildman–Crippen LogP) is 6.24. The SMILES string of the molecule is CC(C)(C)N(C[C@H](O)c1ccc(N)cc1)C(=O)OCCCc1ccc(-c2ccc(C(=O)NS(C)(=O)=O)c(OC3CCCCC3)c2)cc1. The number of aliphatic hydroxyl groups excluding tert-OH is 1. The van der Waals surface area contributed by atoms with E-state index in [9.17, 15) is 23.1 Å². The minimum absolute atomic E-state index is 0.0236. The number of β-amino-alcohol motifs (C(OH)–C–C–N with tert-alkyl or cyclic N) is 1. The van der Waals surface area contributed by atoms with E-state index in [1.165, 1.54) is 4.90 Å². The van der Waals surface area contributed by atoms with Gasteiger partial charge in [-0.05, 0) is 106 Å². The van der Waals surface area contributed by atoms with E-state index in [2.05, 4.69) is 0 Å². The lowest BCUT2D eigenvalue weighted by molar-refractivity contribution is 0.0360. The molecule has 11 heteroatoms. The standard InChI is InChI=1S/C36H47N3O7S/c1-36(2,3)39(24-32(40)27-16-19-29(37)20-17-27)35(42)45-22-8-9-25-12-14-26(15-13-25)28-18-21-31(34(41)38-47(4,43)44)33(23-28)46-30-10-6-5-7-11-30/h12-21,23,30,32,40H,5-11,22,24,37H2,1-4H3,(H,38,41)/t32-/m0/s1. The molecule has 10 nitrogen and oxygen atoms in total. The summed E-state index contributed by atoms with van der Waals surface area (Å²) < 4.78 is 37.3. The van der Waals surface area contributed by atoms with Crippen LogP contribution >= 0.6 is 0 Å². The second-order valence-electron chi connectivity index (χ2n) is 13.2. The fraction of sp³-hybridized carbons (Fsp3) is 0.444. The number of carbonyl (C=O) groups excluding carboxylic acids is 2. The Bertz CT molecular complexity index is 1610. The van der Waals surface area contributed by atoms with Crippen molar-refractivity contribution in [2.45, 2.75) is 83.5 Å². The lowest BCUT2D eigenvalue weighted by atomic mass is 9.97. The lowest BCUT2D eigenvalue weighted by Gasteiger charge is -2.36. The van der Waals surface area contributed by atoms with Crippen molar-refractivity contribution in [1.82, 2.24) is 9.62 Å². The second kappa shape index (κ2) is 15.7. The Kier molecular flexibility index (Phi) is 11.9. The first-order valence-corrected chi connectivity index (χ1v) is 18.0. The number of amides is 2. The fourth-order valence-corrected chi connectivity index (χ4v) is 6.02. The van der Waals surface area contributed by atoms with Crippen molar-refractivity contribution >= 4 is 27.7 Å². The van der Waals surface area contributed by atoms with Gasteiger partial charge in [0.1, 0.15) is 5.75 Å². The first kappa shape index (κ1) is 35.8. The van der Waals surface area contributed by atoms with Gasteiger partial charge in [-0.1, -0.05) is 48.9 Å². The van der Waals surface area contributed by atoms with Gasteiger partial charge in [0.25, 0.3) is 5.91 Å².